The number of rotatable bonds is 2. The predicted octanol–water partition coefficient (Wildman–Crippen LogP) is 2.29. The van der Waals surface area contributed by atoms with Crippen LogP contribution in [0.4, 0.5) is 0 Å². The van der Waals surface area contributed by atoms with Crippen molar-refractivity contribution < 1.29 is 4.79 Å². The summed E-state index contributed by atoms with van der Waals surface area (Å²) in [6, 6.07) is 12.2. The number of aromatic nitrogens is 1. The van der Waals surface area contributed by atoms with Crippen LogP contribution in [0.1, 0.15) is 27.2 Å². The van der Waals surface area contributed by atoms with E-state index in [4.69, 9.17) is 0 Å². The molecule has 96 valence electrons. The van der Waals surface area contributed by atoms with Crippen LogP contribution in [-0.2, 0) is 12.8 Å². The monoisotopic (exact) mass is 252 g/mol. The van der Waals surface area contributed by atoms with Crippen molar-refractivity contribution in [2.24, 2.45) is 0 Å². The van der Waals surface area contributed by atoms with Gasteiger partial charge in [-0.3, -0.25) is 9.78 Å². The molecule has 19 heavy (non-hydrogen) atoms. The SMILES string of the molecule is Cc1ncccc1C(=O)NC1Cc2ccccc2C1. The fraction of sp³-hybridized carbons (Fsp3) is 0.250. The van der Waals surface area contributed by atoms with E-state index < -0.39 is 0 Å². The van der Waals surface area contributed by atoms with Gasteiger partial charge in [0.25, 0.3) is 5.91 Å². The summed E-state index contributed by atoms with van der Waals surface area (Å²) < 4.78 is 0. The van der Waals surface area contributed by atoms with Crippen molar-refractivity contribution in [3.05, 3.63) is 65.0 Å². The van der Waals surface area contributed by atoms with E-state index in [1.54, 1.807) is 12.3 Å². The third kappa shape index (κ3) is 2.36. The average Bonchev–Trinajstić information content (AvgIpc) is 2.81. The van der Waals surface area contributed by atoms with Gasteiger partial charge in [0.15, 0.2) is 0 Å². The number of fused-ring (bicyclic) bond motifs is 1. The highest BCUT2D eigenvalue weighted by Crippen LogP contribution is 2.21. The second-order valence-corrected chi connectivity index (χ2v) is 4.98. The molecule has 3 rings (SSSR count). The largest absolute Gasteiger partial charge is 0.349 e. The van der Waals surface area contributed by atoms with Crippen LogP contribution in [0.3, 0.4) is 0 Å². The minimum absolute atomic E-state index is 0.0246. The topological polar surface area (TPSA) is 42.0 Å². The Labute approximate surface area is 112 Å². The minimum atomic E-state index is -0.0246. The van der Waals surface area contributed by atoms with Gasteiger partial charge < -0.3 is 5.32 Å². The van der Waals surface area contributed by atoms with Gasteiger partial charge in [-0.15, -0.1) is 0 Å². The molecule has 1 aromatic carbocycles. The molecule has 2 aromatic rings. The first-order valence-corrected chi connectivity index (χ1v) is 6.53. The molecule has 3 nitrogen and oxygen atoms in total. The quantitative estimate of drug-likeness (QED) is 0.891. The van der Waals surface area contributed by atoms with Crippen LogP contribution in [-0.4, -0.2) is 16.9 Å². The van der Waals surface area contributed by atoms with Crippen LogP contribution in [0.5, 0.6) is 0 Å². The van der Waals surface area contributed by atoms with Gasteiger partial charge in [-0.1, -0.05) is 24.3 Å². The maximum absolute atomic E-state index is 12.2. The van der Waals surface area contributed by atoms with Crippen molar-refractivity contribution in [2.45, 2.75) is 25.8 Å². The molecule has 0 unspecified atom stereocenters. The van der Waals surface area contributed by atoms with Gasteiger partial charge >= 0.3 is 0 Å². The van der Waals surface area contributed by atoms with E-state index in [1.165, 1.54) is 11.1 Å². The maximum atomic E-state index is 12.2. The van der Waals surface area contributed by atoms with Crippen molar-refractivity contribution >= 4 is 5.91 Å². The molecule has 0 saturated carbocycles. The molecule has 1 amide bonds. The highest BCUT2D eigenvalue weighted by atomic mass is 16.1. The molecule has 0 radical (unpaired) electrons. The van der Waals surface area contributed by atoms with Gasteiger partial charge in [0.2, 0.25) is 0 Å². The lowest BCUT2D eigenvalue weighted by Gasteiger charge is -2.12. The summed E-state index contributed by atoms with van der Waals surface area (Å²) in [5.41, 5.74) is 4.13. The number of carbonyl (C=O) groups is 1. The zero-order valence-corrected chi connectivity index (χ0v) is 10.9. The molecule has 1 aromatic heterocycles. The number of hydrogen-bond donors (Lipinski definition) is 1. The van der Waals surface area contributed by atoms with E-state index in [9.17, 15) is 4.79 Å². The molecule has 0 aliphatic heterocycles. The fourth-order valence-corrected chi connectivity index (χ4v) is 2.65. The third-order valence-electron chi connectivity index (χ3n) is 3.64. The summed E-state index contributed by atoms with van der Waals surface area (Å²) in [6.45, 7) is 1.86. The van der Waals surface area contributed by atoms with Crippen molar-refractivity contribution in [2.75, 3.05) is 0 Å². The summed E-state index contributed by atoms with van der Waals surface area (Å²) in [6.07, 6.45) is 3.54. The number of hydrogen-bond acceptors (Lipinski definition) is 2. The molecular formula is C16H16N2O. The molecule has 0 atom stereocenters. The standard InChI is InChI=1S/C16H16N2O/c1-11-15(7-4-8-17-11)16(19)18-14-9-12-5-2-3-6-13(12)10-14/h2-8,14H,9-10H2,1H3,(H,18,19). The summed E-state index contributed by atoms with van der Waals surface area (Å²) in [7, 11) is 0. The highest BCUT2D eigenvalue weighted by Gasteiger charge is 2.23. The number of nitrogens with one attached hydrogen (secondary N) is 1. The number of amides is 1. The first kappa shape index (κ1) is 11.9. The molecule has 1 aliphatic rings. The van der Waals surface area contributed by atoms with Crippen molar-refractivity contribution in [3.63, 3.8) is 0 Å². The number of benzene rings is 1. The second-order valence-electron chi connectivity index (χ2n) is 4.98. The first-order valence-electron chi connectivity index (χ1n) is 6.53. The molecule has 0 saturated heterocycles. The highest BCUT2D eigenvalue weighted by molar-refractivity contribution is 5.95. The van der Waals surface area contributed by atoms with Crippen LogP contribution in [0.25, 0.3) is 0 Å². The van der Waals surface area contributed by atoms with Crippen LogP contribution >= 0.6 is 0 Å². The molecule has 1 heterocycles. The Kier molecular flexibility index (Phi) is 3.03. The molecular weight excluding hydrogens is 236 g/mol. The lowest BCUT2D eigenvalue weighted by atomic mass is 10.1. The molecule has 1 N–H and O–H groups in total. The van der Waals surface area contributed by atoms with E-state index in [0.29, 0.717) is 5.56 Å². The zero-order valence-electron chi connectivity index (χ0n) is 10.9. The molecule has 0 spiro atoms. The first-order chi connectivity index (χ1) is 9.24. The fourth-order valence-electron chi connectivity index (χ4n) is 2.65. The van der Waals surface area contributed by atoms with Crippen LogP contribution in [0.15, 0.2) is 42.6 Å². The Balaban J connectivity index is 1.71. The van der Waals surface area contributed by atoms with E-state index in [0.717, 1.165) is 18.5 Å². The van der Waals surface area contributed by atoms with Crippen molar-refractivity contribution in [3.8, 4) is 0 Å². The second kappa shape index (κ2) is 4.84. The predicted molar refractivity (Wildman–Crippen MR) is 74.1 cm³/mol. The van der Waals surface area contributed by atoms with Crippen LogP contribution in [0.2, 0.25) is 0 Å². The number of pyridine rings is 1. The normalized spacial score (nSPS) is 14.2. The number of aryl methyl sites for hydroxylation is 1. The maximum Gasteiger partial charge on any atom is 0.253 e. The molecule has 0 bridgehead atoms. The number of carbonyl (C=O) groups excluding carboxylic acids is 1. The van der Waals surface area contributed by atoms with E-state index in [-0.39, 0.29) is 11.9 Å². The molecule has 1 aliphatic carbocycles. The van der Waals surface area contributed by atoms with E-state index in [1.807, 2.05) is 25.1 Å². The van der Waals surface area contributed by atoms with Gasteiger partial charge in [-0.05, 0) is 43.0 Å². The van der Waals surface area contributed by atoms with Gasteiger partial charge in [0, 0.05) is 17.9 Å². The van der Waals surface area contributed by atoms with Gasteiger partial charge in [0.05, 0.1) is 5.56 Å². The van der Waals surface area contributed by atoms with E-state index in [2.05, 4.69) is 22.4 Å². The smallest absolute Gasteiger partial charge is 0.253 e. The van der Waals surface area contributed by atoms with E-state index >= 15 is 0 Å². The Morgan fingerprint density at radius 2 is 1.84 bits per heavy atom. The summed E-state index contributed by atoms with van der Waals surface area (Å²) in [5, 5.41) is 3.10. The Bertz CT molecular complexity index is 597. The van der Waals surface area contributed by atoms with Crippen molar-refractivity contribution in [1.82, 2.24) is 10.3 Å². The summed E-state index contributed by atoms with van der Waals surface area (Å²) in [5.74, 6) is -0.0246. The van der Waals surface area contributed by atoms with Gasteiger partial charge in [-0.25, -0.2) is 0 Å². The Morgan fingerprint density at radius 1 is 1.16 bits per heavy atom. The van der Waals surface area contributed by atoms with Crippen molar-refractivity contribution in [1.29, 1.82) is 0 Å². The Morgan fingerprint density at radius 3 is 2.47 bits per heavy atom. The lowest BCUT2D eigenvalue weighted by molar-refractivity contribution is 0.0937. The molecule has 0 fully saturated rings. The summed E-state index contributed by atoms with van der Waals surface area (Å²) in [4.78, 5) is 16.4. The lowest BCUT2D eigenvalue weighted by Crippen LogP contribution is -2.35. The van der Waals surface area contributed by atoms with Gasteiger partial charge in [0.1, 0.15) is 0 Å². The Hall–Kier alpha value is -2.16. The molecule has 3 heteroatoms. The average molecular weight is 252 g/mol. The van der Waals surface area contributed by atoms with Crippen LogP contribution in [0, 0.1) is 6.92 Å². The summed E-state index contributed by atoms with van der Waals surface area (Å²) >= 11 is 0. The van der Waals surface area contributed by atoms with Crippen LogP contribution < -0.4 is 5.32 Å². The minimum Gasteiger partial charge on any atom is -0.349 e. The van der Waals surface area contributed by atoms with Gasteiger partial charge in [-0.2, -0.15) is 0 Å². The number of nitrogens with zero attached hydrogens (tertiary/aromatic N) is 1. The third-order valence-corrected chi connectivity index (χ3v) is 3.64. The zero-order chi connectivity index (χ0) is 13.2.